The summed E-state index contributed by atoms with van der Waals surface area (Å²) in [5.41, 5.74) is -0.465. The third-order valence-corrected chi connectivity index (χ3v) is 2.26. The predicted molar refractivity (Wildman–Crippen MR) is 59.7 cm³/mol. The first-order valence-electron chi connectivity index (χ1n) is 5.48. The average Bonchev–Trinajstić information content (AvgIpc) is 2.15. The number of ether oxygens (including phenoxy) is 1. The van der Waals surface area contributed by atoms with Crippen LogP contribution < -0.4 is 5.32 Å². The minimum atomic E-state index is -0.465. The Kier molecular flexibility index (Phi) is 4.27. The zero-order valence-electron chi connectivity index (χ0n) is 10.1. The van der Waals surface area contributed by atoms with Gasteiger partial charge in [-0.25, -0.2) is 0 Å². The van der Waals surface area contributed by atoms with Crippen molar-refractivity contribution in [1.29, 1.82) is 5.26 Å². The Morgan fingerprint density at radius 1 is 1.62 bits per heavy atom. The molecule has 0 aromatic heterocycles. The summed E-state index contributed by atoms with van der Waals surface area (Å²) in [7, 11) is 0. The molecule has 0 saturated carbocycles. The molecule has 16 heavy (non-hydrogen) atoms. The van der Waals surface area contributed by atoms with Gasteiger partial charge >= 0.3 is 5.97 Å². The van der Waals surface area contributed by atoms with Gasteiger partial charge in [-0.15, -0.1) is 0 Å². The second kappa shape index (κ2) is 5.28. The zero-order valence-corrected chi connectivity index (χ0v) is 10.1. The third kappa shape index (κ3) is 4.17. The van der Waals surface area contributed by atoms with E-state index in [2.05, 4.69) is 11.4 Å². The van der Waals surface area contributed by atoms with Crippen LogP contribution in [0, 0.1) is 11.3 Å². The predicted octanol–water partition coefficient (Wildman–Crippen LogP) is 0.125. The Morgan fingerprint density at radius 2 is 2.31 bits per heavy atom. The molecule has 5 heteroatoms. The van der Waals surface area contributed by atoms with Gasteiger partial charge in [0.2, 0.25) is 0 Å². The minimum Gasteiger partial charge on any atom is -0.459 e. The molecule has 5 nitrogen and oxygen atoms in total. The maximum absolute atomic E-state index is 11.6. The number of nitrogens with zero attached hydrogens (tertiary/aromatic N) is 2. The van der Waals surface area contributed by atoms with Gasteiger partial charge in [0.1, 0.15) is 11.6 Å². The van der Waals surface area contributed by atoms with Crippen molar-refractivity contribution < 1.29 is 9.53 Å². The molecule has 1 aliphatic rings. The smallest absolute Gasteiger partial charge is 0.320 e. The molecule has 0 amide bonds. The number of carbonyl (C=O) groups excluding carboxylic acids is 1. The summed E-state index contributed by atoms with van der Waals surface area (Å²) in [5.74, 6) is -0.269. The van der Waals surface area contributed by atoms with E-state index in [0.29, 0.717) is 13.1 Å². The monoisotopic (exact) mass is 225 g/mol. The summed E-state index contributed by atoms with van der Waals surface area (Å²) in [4.78, 5) is 13.4. The fourth-order valence-corrected chi connectivity index (χ4v) is 1.60. The van der Waals surface area contributed by atoms with Gasteiger partial charge in [-0.1, -0.05) is 0 Å². The molecule has 90 valence electrons. The standard InChI is InChI=1S/C11H19N3O2/c1-11(2,3)16-10(15)8-14-5-4-13-7-9(14)6-12/h9,13H,4-5,7-8H2,1-3H3. The van der Waals surface area contributed by atoms with Gasteiger partial charge in [0.05, 0.1) is 12.6 Å². The molecule has 0 bridgehead atoms. The highest BCUT2D eigenvalue weighted by Gasteiger charge is 2.26. The van der Waals surface area contributed by atoms with Crippen molar-refractivity contribution in [2.75, 3.05) is 26.2 Å². The highest BCUT2D eigenvalue weighted by atomic mass is 16.6. The van der Waals surface area contributed by atoms with Gasteiger partial charge in [-0.3, -0.25) is 9.69 Å². The number of rotatable bonds is 2. The molecule has 1 atom stereocenters. The molecule has 0 aromatic rings. The van der Waals surface area contributed by atoms with Crippen LogP contribution in [0.5, 0.6) is 0 Å². The van der Waals surface area contributed by atoms with Gasteiger partial charge in [0, 0.05) is 19.6 Å². The van der Waals surface area contributed by atoms with Crippen molar-refractivity contribution in [1.82, 2.24) is 10.2 Å². The third-order valence-electron chi connectivity index (χ3n) is 2.26. The van der Waals surface area contributed by atoms with Crippen LogP contribution in [-0.4, -0.2) is 48.7 Å². The molecule has 1 aliphatic heterocycles. The Balaban J connectivity index is 2.46. The van der Waals surface area contributed by atoms with Crippen LogP contribution in [0.25, 0.3) is 0 Å². The molecule has 1 heterocycles. The second-order valence-electron chi connectivity index (χ2n) is 4.91. The summed E-state index contributed by atoms with van der Waals surface area (Å²) in [5, 5.41) is 12.0. The van der Waals surface area contributed by atoms with Crippen LogP contribution in [-0.2, 0) is 9.53 Å². The Bertz CT molecular complexity index is 291. The summed E-state index contributed by atoms with van der Waals surface area (Å²) < 4.78 is 5.22. The van der Waals surface area contributed by atoms with E-state index < -0.39 is 5.60 Å². The lowest BCUT2D eigenvalue weighted by Crippen LogP contribution is -2.52. The lowest BCUT2D eigenvalue weighted by Gasteiger charge is -2.31. The highest BCUT2D eigenvalue weighted by Crippen LogP contribution is 2.09. The molecule has 0 aliphatic carbocycles. The molecule has 1 fully saturated rings. The second-order valence-corrected chi connectivity index (χ2v) is 4.91. The van der Waals surface area contributed by atoms with E-state index in [-0.39, 0.29) is 18.6 Å². The zero-order chi connectivity index (χ0) is 12.2. The molecular formula is C11H19N3O2. The van der Waals surface area contributed by atoms with Crippen LogP contribution in [0.3, 0.4) is 0 Å². The fraction of sp³-hybridized carbons (Fsp3) is 0.818. The molecule has 1 saturated heterocycles. The van der Waals surface area contributed by atoms with E-state index in [1.54, 1.807) is 0 Å². The average molecular weight is 225 g/mol. The van der Waals surface area contributed by atoms with E-state index in [1.165, 1.54) is 0 Å². The van der Waals surface area contributed by atoms with Gasteiger partial charge in [0.15, 0.2) is 0 Å². The van der Waals surface area contributed by atoms with E-state index in [0.717, 1.165) is 6.54 Å². The van der Waals surface area contributed by atoms with E-state index in [1.807, 2.05) is 25.7 Å². The van der Waals surface area contributed by atoms with Crippen LogP contribution in [0.15, 0.2) is 0 Å². The summed E-state index contributed by atoms with van der Waals surface area (Å²) in [6.45, 7) is 7.83. The first kappa shape index (κ1) is 12.9. The molecule has 1 N–H and O–H groups in total. The lowest BCUT2D eigenvalue weighted by molar-refractivity contribution is -0.156. The summed E-state index contributed by atoms with van der Waals surface area (Å²) in [6.07, 6.45) is 0. The van der Waals surface area contributed by atoms with Crippen LogP contribution in [0.4, 0.5) is 0 Å². The first-order chi connectivity index (χ1) is 7.42. The quantitative estimate of drug-likeness (QED) is 0.676. The van der Waals surface area contributed by atoms with Crippen LogP contribution in [0.1, 0.15) is 20.8 Å². The number of carbonyl (C=O) groups is 1. The van der Waals surface area contributed by atoms with Crippen molar-refractivity contribution in [2.24, 2.45) is 0 Å². The van der Waals surface area contributed by atoms with Gasteiger partial charge in [0.25, 0.3) is 0 Å². The normalized spacial score (nSPS) is 22.5. The molecule has 1 rings (SSSR count). The number of hydrogen-bond acceptors (Lipinski definition) is 5. The molecule has 1 unspecified atom stereocenters. The van der Waals surface area contributed by atoms with Crippen LogP contribution >= 0.6 is 0 Å². The van der Waals surface area contributed by atoms with Crippen molar-refractivity contribution in [3.8, 4) is 6.07 Å². The molecule has 0 aromatic carbocycles. The van der Waals surface area contributed by atoms with Gasteiger partial charge < -0.3 is 10.1 Å². The Labute approximate surface area is 96.4 Å². The highest BCUT2D eigenvalue weighted by molar-refractivity contribution is 5.72. The van der Waals surface area contributed by atoms with Crippen molar-refractivity contribution in [3.05, 3.63) is 0 Å². The number of esters is 1. The first-order valence-corrected chi connectivity index (χ1v) is 5.48. The maximum atomic E-state index is 11.6. The molecule has 0 spiro atoms. The Morgan fingerprint density at radius 3 is 2.88 bits per heavy atom. The number of piperazine rings is 1. The van der Waals surface area contributed by atoms with E-state index in [4.69, 9.17) is 10.00 Å². The van der Waals surface area contributed by atoms with E-state index in [9.17, 15) is 4.79 Å². The summed E-state index contributed by atoms with van der Waals surface area (Å²) in [6, 6.07) is 1.94. The summed E-state index contributed by atoms with van der Waals surface area (Å²) >= 11 is 0. The van der Waals surface area contributed by atoms with Gasteiger partial charge in [-0.05, 0) is 20.8 Å². The number of nitrogens with one attached hydrogen (secondary N) is 1. The number of hydrogen-bond donors (Lipinski definition) is 1. The molecular weight excluding hydrogens is 206 g/mol. The van der Waals surface area contributed by atoms with Crippen molar-refractivity contribution in [3.63, 3.8) is 0 Å². The SMILES string of the molecule is CC(C)(C)OC(=O)CN1CCNCC1C#N. The fourth-order valence-electron chi connectivity index (χ4n) is 1.60. The van der Waals surface area contributed by atoms with Crippen LogP contribution in [0.2, 0.25) is 0 Å². The minimum absolute atomic E-state index is 0.192. The van der Waals surface area contributed by atoms with Gasteiger partial charge in [-0.2, -0.15) is 5.26 Å². The molecule has 0 radical (unpaired) electrons. The maximum Gasteiger partial charge on any atom is 0.320 e. The lowest BCUT2D eigenvalue weighted by atomic mass is 10.2. The van der Waals surface area contributed by atoms with Crippen molar-refractivity contribution >= 4 is 5.97 Å². The number of nitriles is 1. The Hall–Kier alpha value is -1.12. The van der Waals surface area contributed by atoms with E-state index >= 15 is 0 Å². The largest absolute Gasteiger partial charge is 0.459 e. The van der Waals surface area contributed by atoms with Crippen molar-refractivity contribution in [2.45, 2.75) is 32.4 Å². The topological polar surface area (TPSA) is 65.4 Å².